The Morgan fingerprint density at radius 1 is 0.629 bits per heavy atom. The Kier molecular flexibility index (Phi) is 13.8. The average Bonchev–Trinajstić information content (AvgIpc) is 3.61. The summed E-state index contributed by atoms with van der Waals surface area (Å²) >= 11 is 0. The van der Waals surface area contributed by atoms with E-state index in [0.29, 0.717) is 25.2 Å². The van der Waals surface area contributed by atoms with E-state index >= 15 is 0 Å². The van der Waals surface area contributed by atoms with Crippen molar-refractivity contribution in [3.8, 4) is 0 Å². The fraction of sp³-hybridized carbons (Fsp3) is 0.933. The molecule has 0 spiro atoms. The van der Waals surface area contributed by atoms with Gasteiger partial charge in [0.1, 0.15) is 61.0 Å². The third kappa shape index (κ3) is 8.19. The predicted octanol–water partition coefficient (Wildman–Crippen LogP) is 0.403. The first-order valence-electron chi connectivity index (χ1n) is 23.2. The monoisotopic (exact) mass is 884 g/mol. The minimum Gasteiger partial charge on any atom is -0.394 e. The van der Waals surface area contributed by atoms with Crippen LogP contribution in [0.4, 0.5) is 0 Å². The molecule has 62 heavy (non-hydrogen) atoms. The maximum atomic E-state index is 14.3. The quantitative estimate of drug-likeness (QED) is 0.152. The van der Waals surface area contributed by atoms with Gasteiger partial charge >= 0.3 is 0 Å². The van der Waals surface area contributed by atoms with Crippen LogP contribution in [0.1, 0.15) is 99.3 Å². The number of fused-ring (bicyclic) bond motifs is 5. The molecule has 0 aromatic rings. The number of ketones is 1. The van der Waals surface area contributed by atoms with E-state index in [1.807, 2.05) is 13.0 Å². The second kappa shape index (κ2) is 18.1. The summed E-state index contributed by atoms with van der Waals surface area (Å²) in [5, 5.41) is 94.6. The van der Waals surface area contributed by atoms with Gasteiger partial charge in [0, 0.05) is 11.8 Å². The average molecular weight is 885 g/mol. The molecule has 0 bridgehead atoms. The van der Waals surface area contributed by atoms with Crippen LogP contribution < -0.4 is 0 Å². The molecule has 354 valence electrons. The summed E-state index contributed by atoms with van der Waals surface area (Å²) in [7, 11) is 0. The van der Waals surface area contributed by atoms with Crippen molar-refractivity contribution in [2.45, 2.75) is 210 Å². The number of hydrogen-bond acceptors (Lipinski definition) is 17. The first kappa shape index (κ1) is 47.3. The van der Waals surface area contributed by atoms with Gasteiger partial charge < -0.3 is 79.1 Å². The molecule has 7 fully saturated rings. The van der Waals surface area contributed by atoms with Gasteiger partial charge in [0.05, 0.1) is 31.0 Å². The van der Waals surface area contributed by atoms with Gasteiger partial charge in [-0.1, -0.05) is 33.3 Å². The Morgan fingerprint density at radius 3 is 1.85 bits per heavy atom. The molecular weight excluding hydrogens is 812 g/mol. The van der Waals surface area contributed by atoms with Gasteiger partial charge in [-0.2, -0.15) is 0 Å². The summed E-state index contributed by atoms with van der Waals surface area (Å²) in [5.41, 5.74) is 0.942. The third-order valence-corrected chi connectivity index (χ3v) is 17.2. The molecule has 9 N–H and O–H groups in total. The minimum atomic E-state index is -1.66. The van der Waals surface area contributed by atoms with E-state index in [9.17, 15) is 50.8 Å². The van der Waals surface area contributed by atoms with Crippen LogP contribution in [0.25, 0.3) is 0 Å². The number of hydrogen-bond donors (Lipinski definition) is 9. The molecule has 4 aliphatic heterocycles. The number of carbonyl (C=O) groups excluding carboxylic acids is 1. The van der Waals surface area contributed by atoms with E-state index in [4.69, 9.17) is 33.2 Å². The molecule has 4 heterocycles. The summed E-state index contributed by atoms with van der Waals surface area (Å²) < 4.78 is 42.1. The first-order valence-corrected chi connectivity index (χ1v) is 23.2. The lowest BCUT2D eigenvalue weighted by molar-refractivity contribution is -0.361. The molecule has 0 aromatic heterocycles. The first-order chi connectivity index (χ1) is 29.3. The second-order valence-corrected chi connectivity index (χ2v) is 20.7. The molecule has 8 aliphatic rings. The summed E-state index contributed by atoms with van der Waals surface area (Å²) in [5.74, 6) is 0.837. The summed E-state index contributed by atoms with van der Waals surface area (Å²) in [6.45, 7) is 11.4. The van der Waals surface area contributed by atoms with Crippen molar-refractivity contribution in [1.82, 2.24) is 0 Å². The molecule has 3 saturated carbocycles. The maximum Gasteiger partial charge on any atom is 0.189 e. The van der Waals surface area contributed by atoms with Crippen molar-refractivity contribution in [2.75, 3.05) is 6.61 Å². The number of carbonyl (C=O) groups is 1. The largest absolute Gasteiger partial charge is 0.394 e. The maximum absolute atomic E-state index is 14.3. The Hall–Kier alpha value is -1.23. The van der Waals surface area contributed by atoms with Gasteiger partial charge in [0.25, 0.3) is 0 Å². The number of aliphatic hydroxyl groups is 9. The third-order valence-electron chi connectivity index (χ3n) is 17.2. The molecule has 17 nitrogen and oxygen atoms in total. The highest BCUT2D eigenvalue weighted by Crippen LogP contribution is 2.67. The van der Waals surface area contributed by atoms with Crippen molar-refractivity contribution >= 4 is 5.78 Å². The van der Waals surface area contributed by atoms with Crippen molar-refractivity contribution in [1.29, 1.82) is 0 Å². The van der Waals surface area contributed by atoms with Crippen LogP contribution in [0, 0.1) is 46.3 Å². The highest BCUT2D eigenvalue weighted by molar-refractivity contribution is 5.94. The SMILES string of the molecule is CC1OC(OC2C(CO)OC(OC3CCC4(C)C(C3)C(=O)C=C3C4CCC4(C)C3CCC4C(C)[C@@H]3CCC(C)[C@H](OC4OC(C)C(O)C(O)C4O)O3)C(O)C2O)C(O)C(O)C1O. The van der Waals surface area contributed by atoms with E-state index in [-0.39, 0.29) is 52.3 Å². The van der Waals surface area contributed by atoms with Gasteiger partial charge in [-0.25, -0.2) is 0 Å². The molecule has 0 aromatic carbocycles. The van der Waals surface area contributed by atoms with Gasteiger partial charge in [-0.15, -0.1) is 0 Å². The van der Waals surface area contributed by atoms with Crippen molar-refractivity contribution in [3.05, 3.63) is 11.6 Å². The lowest BCUT2D eigenvalue weighted by atomic mass is 9.47. The van der Waals surface area contributed by atoms with Crippen molar-refractivity contribution in [3.63, 3.8) is 0 Å². The molecule has 4 aliphatic carbocycles. The van der Waals surface area contributed by atoms with E-state index in [1.165, 1.54) is 12.5 Å². The normalized spacial score (nSPS) is 55.1. The van der Waals surface area contributed by atoms with Gasteiger partial charge in [-0.05, 0) is 112 Å². The highest BCUT2D eigenvalue weighted by Gasteiger charge is 2.61. The highest BCUT2D eigenvalue weighted by atomic mass is 16.8. The summed E-state index contributed by atoms with van der Waals surface area (Å²) in [6, 6.07) is 0. The van der Waals surface area contributed by atoms with E-state index in [0.717, 1.165) is 38.5 Å². The van der Waals surface area contributed by atoms with Crippen LogP contribution in [0.3, 0.4) is 0 Å². The van der Waals surface area contributed by atoms with Crippen molar-refractivity contribution in [2.24, 2.45) is 46.3 Å². The van der Waals surface area contributed by atoms with E-state index in [1.54, 1.807) is 6.92 Å². The standard InChI is InChI=1S/C45H72O17/c1-18-7-10-29(59-40(18)62-42-37(54)34(51)32(49)21(4)57-42)19(2)24-8-9-25-23-16-28(47)27-15-22(11-13-45(27,6)26(23)12-14-44(24,25)5)58-43-38(55)35(52)39(30(17-46)60-43)61-41-36(53)33(50)31(48)20(3)56-41/h16,18-22,24-27,29-43,46,48-55H,7-15,17H2,1-6H3/t18?,19?,20?,21?,22?,24?,25?,26?,27?,29-,30?,31?,32?,33?,34?,35?,36?,37?,38?,39?,40-,41?,42?,43?,44?,45?/m0/s1. The molecule has 26 atom stereocenters. The molecular formula is C45H72O17. The van der Waals surface area contributed by atoms with Crippen LogP contribution in [-0.2, 0) is 38.0 Å². The fourth-order valence-electron chi connectivity index (χ4n) is 13.2. The van der Waals surface area contributed by atoms with Crippen LogP contribution in [0.5, 0.6) is 0 Å². The van der Waals surface area contributed by atoms with Crippen LogP contribution in [0.2, 0.25) is 0 Å². The van der Waals surface area contributed by atoms with E-state index in [2.05, 4.69) is 20.8 Å². The number of ether oxygens (including phenoxy) is 7. The smallest absolute Gasteiger partial charge is 0.189 e. The zero-order chi connectivity index (χ0) is 44.7. The Morgan fingerprint density at radius 2 is 1.21 bits per heavy atom. The van der Waals surface area contributed by atoms with Crippen LogP contribution in [0.15, 0.2) is 11.6 Å². The second-order valence-electron chi connectivity index (χ2n) is 20.7. The number of aliphatic hydroxyl groups excluding tert-OH is 9. The van der Waals surface area contributed by atoms with E-state index < -0.39 is 111 Å². The van der Waals surface area contributed by atoms with Gasteiger partial charge in [0.15, 0.2) is 30.9 Å². The molecule has 0 radical (unpaired) electrons. The summed E-state index contributed by atoms with van der Waals surface area (Å²) in [4.78, 5) is 14.3. The Bertz CT molecular complexity index is 1620. The lowest BCUT2D eigenvalue weighted by Gasteiger charge is -2.57. The zero-order valence-corrected chi connectivity index (χ0v) is 36.8. The van der Waals surface area contributed by atoms with Crippen molar-refractivity contribution < 1.29 is 83.9 Å². The predicted molar refractivity (Wildman–Crippen MR) is 215 cm³/mol. The topological polar surface area (TPSA) is 264 Å². The molecule has 0 amide bonds. The Balaban J connectivity index is 0.899. The molecule has 8 rings (SSSR count). The molecule has 4 saturated heterocycles. The lowest BCUT2D eigenvalue weighted by Crippen LogP contribution is -2.64. The fourth-order valence-corrected chi connectivity index (χ4v) is 13.2. The molecule has 17 heteroatoms. The Labute approximate surface area is 363 Å². The van der Waals surface area contributed by atoms with Gasteiger partial charge in [-0.3, -0.25) is 4.79 Å². The summed E-state index contributed by atoms with van der Waals surface area (Å²) in [6.07, 6.45) is -11.8. The minimum absolute atomic E-state index is 0.0344. The zero-order valence-electron chi connectivity index (χ0n) is 36.8. The number of allylic oxidation sites excluding steroid dienone is 2. The number of rotatable bonds is 9. The van der Waals surface area contributed by atoms with Crippen LogP contribution in [-0.4, -0.2) is 169 Å². The van der Waals surface area contributed by atoms with Crippen LogP contribution >= 0.6 is 0 Å². The van der Waals surface area contributed by atoms with Gasteiger partial charge in [0.2, 0.25) is 0 Å². The molecule has 24 unspecified atom stereocenters.